The molecule has 2 aromatic heterocycles. The van der Waals surface area contributed by atoms with Gasteiger partial charge >= 0.3 is 5.97 Å². The maximum absolute atomic E-state index is 14.6. The van der Waals surface area contributed by atoms with Crippen LogP contribution in [-0.2, 0) is 17.9 Å². The summed E-state index contributed by atoms with van der Waals surface area (Å²) in [6, 6.07) is 15.7. The minimum absolute atomic E-state index is 0.0228. The van der Waals surface area contributed by atoms with E-state index >= 15 is 0 Å². The molecule has 228 valence electrons. The van der Waals surface area contributed by atoms with Gasteiger partial charge in [0.1, 0.15) is 30.7 Å². The Kier molecular flexibility index (Phi) is 8.41. The molecule has 1 N–H and O–H groups in total. The average Bonchev–Trinajstić information content (AvgIpc) is 3.39. The number of fused-ring (bicyclic) bond motifs is 1. The van der Waals surface area contributed by atoms with Gasteiger partial charge in [0.15, 0.2) is 0 Å². The van der Waals surface area contributed by atoms with Crippen molar-refractivity contribution >= 4 is 22.8 Å². The topological polar surface area (TPSA) is 117 Å². The quantitative estimate of drug-likeness (QED) is 0.275. The number of imidazole rings is 1. The van der Waals surface area contributed by atoms with Crippen LogP contribution < -0.4 is 9.64 Å². The van der Waals surface area contributed by atoms with Crippen LogP contribution in [0.4, 0.5) is 14.6 Å². The van der Waals surface area contributed by atoms with Gasteiger partial charge in [-0.3, -0.25) is 4.90 Å². The summed E-state index contributed by atoms with van der Waals surface area (Å²) in [6.45, 7) is 4.13. The molecule has 1 unspecified atom stereocenters. The maximum atomic E-state index is 14.6. The third-order valence-electron chi connectivity index (χ3n) is 8.37. The van der Waals surface area contributed by atoms with Gasteiger partial charge in [-0.2, -0.15) is 10.2 Å². The molecule has 0 bridgehead atoms. The second-order valence-electron chi connectivity index (χ2n) is 11.1. The number of halogens is 2. The number of alkyl halides is 1. The average molecular weight is 603 g/mol. The van der Waals surface area contributed by atoms with Crippen LogP contribution in [0.15, 0.2) is 54.6 Å². The second-order valence-corrected chi connectivity index (χ2v) is 11.1. The standard InChI is InChI=1S/C32H32F2N6O4/c1-20(31-36-27-8-7-22(32(41)42)14-28(27)40(31)18-25-9-12-43-25)39-11-10-38(17-24(39)15-33)29-3-2-4-30(37-29)44-19-23-6-5-21(16-35)13-26(23)34/h2-8,13-14,20,24-25H,9-12,15,17-19H2,1H3,(H,41,42)/t20?,24-,25-/m0/s1. The number of hydrogen-bond acceptors (Lipinski definition) is 8. The van der Waals surface area contributed by atoms with E-state index in [0.717, 1.165) is 17.8 Å². The van der Waals surface area contributed by atoms with Gasteiger partial charge in [-0.15, -0.1) is 0 Å². The summed E-state index contributed by atoms with van der Waals surface area (Å²) >= 11 is 0. The number of carbonyl (C=O) groups is 1. The smallest absolute Gasteiger partial charge is 0.335 e. The van der Waals surface area contributed by atoms with Gasteiger partial charge in [0.05, 0.1) is 53.0 Å². The van der Waals surface area contributed by atoms with E-state index in [1.165, 1.54) is 18.2 Å². The monoisotopic (exact) mass is 602 g/mol. The highest BCUT2D eigenvalue weighted by Crippen LogP contribution is 2.31. The Labute approximate surface area is 253 Å². The van der Waals surface area contributed by atoms with Crippen molar-refractivity contribution in [2.24, 2.45) is 0 Å². The van der Waals surface area contributed by atoms with E-state index in [-0.39, 0.29) is 29.9 Å². The lowest BCUT2D eigenvalue weighted by atomic mass is 10.1. The Morgan fingerprint density at radius 3 is 2.75 bits per heavy atom. The molecule has 6 rings (SSSR count). The molecule has 10 nitrogen and oxygen atoms in total. The van der Waals surface area contributed by atoms with E-state index in [2.05, 4.69) is 9.88 Å². The predicted octanol–water partition coefficient (Wildman–Crippen LogP) is 4.73. The van der Waals surface area contributed by atoms with Crippen LogP contribution in [0.5, 0.6) is 5.88 Å². The number of benzene rings is 2. The molecule has 2 saturated heterocycles. The molecule has 2 aliphatic heterocycles. The lowest BCUT2D eigenvalue weighted by Gasteiger charge is -2.43. The van der Waals surface area contributed by atoms with Crippen molar-refractivity contribution in [2.75, 3.05) is 37.8 Å². The Morgan fingerprint density at radius 1 is 1.20 bits per heavy atom. The number of nitriles is 1. The molecule has 0 saturated carbocycles. The zero-order valence-electron chi connectivity index (χ0n) is 24.2. The van der Waals surface area contributed by atoms with Gasteiger partial charge in [0.25, 0.3) is 0 Å². The number of hydrogen-bond donors (Lipinski definition) is 1. The number of aromatic nitrogens is 3. The van der Waals surface area contributed by atoms with Crippen LogP contribution in [-0.4, -0.2) is 75.6 Å². The molecule has 0 radical (unpaired) electrons. The lowest BCUT2D eigenvalue weighted by molar-refractivity contribution is -0.0595. The van der Waals surface area contributed by atoms with Gasteiger partial charge < -0.3 is 24.0 Å². The Bertz CT molecular complexity index is 1720. The highest BCUT2D eigenvalue weighted by atomic mass is 19.1. The van der Waals surface area contributed by atoms with E-state index in [9.17, 15) is 18.7 Å². The molecule has 2 aliphatic rings. The summed E-state index contributed by atoms with van der Waals surface area (Å²) in [5.74, 6) is 0.156. The fraction of sp³-hybridized carbons (Fsp3) is 0.375. The summed E-state index contributed by atoms with van der Waals surface area (Å²) in [5.41, 5.74) is 2.14. The highest BCUT2D eigenvalue weighted by molar-refractivity contribution is 5.92. The molecule has 0 aliphatic carbocycles. The van der Waals surface area contributed by atoms with Crippen molar-refractivity contribution in [2.45, 2.75) is 44.7 Å². The number of nitrogens with zero attached hydrogens (tertiary/aromatic N) is 6. The molecule has 12 heteroatoms. The number of piperazine rings is 1. The first-order chi connectivity index (χ1) is 21.3. The Balaban J connectivity index is 1.18. The number of carboxylic acid groups (broad SMARTS) is 1. The third-order valence-corrected chi connectivity index (χ3v) is 8.37. The van der Waals surface area contributed by atoms with Crippen LogP contribution >= 0.6 is 0 Å². The maximum Gasteiger partial charge on any atom is 0.335 e. The zero-order valence-corrected chi connectivity index (χ0v) is 24.2. The molecule has 44 heavy (non-hydrogen) atoms. The van der Waals surface area contributed by atoms with E-state index in [0.29, 0.717) is 55.6 Å². The molecule has 4 heterocycles. The fourth-order valence-corrected chi connectivity index (χ4v) is 5.84. The molecule has 4 aromatic rings. The Hall–Kier alpha value is -4.60. The SMILES string of the molecule is CC(c1nc2ccc(C(=O)O)cc2n1C[C@@H]1CCO1)N1CCN(c2cccc(OCc3ccc(C#N)cc3F)n2)C[C@@H]1CF. The van der Waals surface area contributed by atoms with E-state index in [1.807, 2.05) is 28.5 Å². The van der Waals surface area contributed by atoms with Crippen LogP contribution in [0.1, 0.15) is 46.7 Å². The summed E-state index contributed by atoms with van der Waals surface area (Å²) in [6.07, 6.45) is 0.936. The van der Waals surface area contributed by atoms with Crippen molar-refractivity contribution in [3.05, 3.63) is 82.9 Å². The first-order valence-electron chi connectivity index (χ1n) is 14.5. The second kappa shape index (κ2) is 12.6. The van der Waals surface area contributed by atoms with Crippen molar-refractivity contribution in [3.63, 3.8) is 0 Å². The van der Waals surface area contributed by atoms with Gasteiger partial charge in [0.2, 0.25) is 5.88 Å². The van der Waals surface area contributed by atoms with Crippen molar-refractivity contribution in [3.8, 4) is 11.9 Å². The molecule has 3 atom stereocenters. The van der Waals surface area contributed by atoms with Gasteiger partial charge in [0, 0.05) is 37.9 Å². The van der Waals surface area contributed by atoms with Gasteiger partial charge in [-0.1, -0.05) is 12.1 Å². The molecule has 0 spiro atoms. The summed E-state index contributed by atoms with van der Waals surface area (Å²) in [4.78, 5) is 25.3. The van der Waals surface area contributed by atoms with Crippen molar-refractivity contribution in [1.82, 2.24) is 19.4 Å². The molecule has 0 amide bonds. The lowest BCUT2D eigenvalue weighted by Crippen LogP contribution is -2.55. The van der Waals surface area contributed by atoms with E-state index < -0.39 is 24.5 Å². The molecular weight excluding hydrogens is 570 g/mol. The van der Waals surface area contributed by atoms with E-state index in [1.54, 1.807) is 30.3 Å². The molecule has 2 fully saturated rings. The minimum atomic E-state index is -1.01. The Morgan fingerprint density at radius 2 is 2.05 bits per heavy atom. The summed E-state index contributed by atoms with van der Waals surface area (Å²) in [7, 11) is 0. The van der Waals surface area contributed by atoms with Crippen LogP contribution in [0.3, 0.4) is 0 Å². The number of aromatic carboxylic acids is 1. The first-order valence-corrected chi connectivity index (χ1v) is 14.5. The number of pyridine rings is 1. The zero-order chi connectivity index (χ0) is 30.8. The predicted molar refractivity (Wildman–Crippen MR) is 158 cm³/mol. The van der Waals surface area contributed by atoms with Crippen LogP contribution in [0, 0.1) is 17.1 Å². The number of rotatable bonds is 10. The van der Waals surface area contributed by atoms with Gasteiger partial charge in [-0.25, -0.2) is 18.6 Å². The third kappa shape index (κ3) is 5.93. The largest absolute Gasteiger partial charge is 0.478 e. The van der Waals surface area contributed by atoms with E-state index in [4.69, 9.17) is 19.7 Å². The normalized spacial score (nSPS) is 19.4. The first kappa shape index (κ1) is 29.5. The minimum Gasteiger partial charge on any atom is -0.478 e. The number of anilines is 1. The van der Waals surface area contributed by atoms with Crippen molar-refractivity contribution in [1.29, 1.82) is 5.26 Å². The highest BCUT2D eigenvalue weighted by Gasteiger charge is 2.34. The van der Waals surface area contributed by atoms with Crippen LogP contribution in [0.2, 0.25) is 0 Å². The summed E-state index contributed by atoms with van der Waals surface area (Å²) < 4.78 is 42.4. The number of ether oxygens (including phenoxy) is 2. The van der Waals surface area contributed by atoms with Crippen LogP contribution in [0.25, 0.3) is 11.0 Å². The fourth-order valence-electron chi connectivity index (χ4n) is 5.84. The van der Waals surface area contributed by atoms with Crippen molar-refractivity contribution < 1.29 is 28.2 Å². The summed E-state index contributed by atoms with van der Waals surface area (Å²) in [5, 5.41) is 18.5. The van der Waals surface area contributed by atoms with Gasteiger partial charge in [-0.05, 0) is 49.7 Å². The number of carboxylic acids is 1. The molecule has 2 aromatic carbocycles. The molecular formula is C32H32F2N6O4.